The number of ether oxygens (including phenoxy) is 1. The predicted octanol–water partition coefficient (Wildman–Crippen LogP) is 4.10. The van der Waals surface area contributed by atoms with Crippen LogP contribution < -0.4 is 4.74 Å². The van der Waals surface area contributed by atoms with Gasteiger partial charge in [-0.2, -0.15) is 13.2 Å². The fourth-order valence-electron chi connectivity index (χ4n) is 2.47. The molecule has 0 fully saturated rings. The molecule has 9 heteroatoms. The van der Waals surface area contributed by atoms with Crippen LogP contribution in [0.3, 0.4) is 0 Å². The number of fused-ring (bicyclic) bond motifs is 1. The SMILES string of the molecule is COc1ccc(-c2nc3sc(C(=O)O)c(C(F)(F)F)n3c2C)cc1. The van der Waals surface area contributed by atoms with Crippen molar-refractivity contribution >= 4 is 22.3 Å². The molecule has 3 aromatic rings. The number of thiazole rings is 1. The van der Waals surface area contributed by atoms with Crippen molar-refractivity contribution in [2.24, 2.45) is 0 Å². The number of halogens is 3. The van der Waals surface area contributed by atoms with E-state index in [2.05, 4.69) is 4.98 Å². The van der Waals surface area contributed by atoms with Crippen molar-refractivity contribution in [3.05, 3.63) is 40.5 Å². The second-order valence-corrected chi connectivity index (χ2v) is 5.95. The molecule has 0 saturated carbocycles. The van der Waals surface area contributed by atoms with E-state index < -0.39 is 22.7 Å². The van der Waals surface area contributed by atoms with E-state index in [-0.39, 0.29) is 10.7 Å². The van der Waals surface area contributed by atoms with Crippen LogP contribution in [0, 0.1) is 6.92 Å². The van der Waals surface area contributed by atoms with Gasteiger partial charge < -0.3 is 9.84 Å². The van der Waals surface area contributed by atoms with Crippen LogP contribution in [0.1, 0.15) is 21.1 Å². The molecule has 126 valence electrons. The topological polar surface area (TPSA) is 63.8 Å². The zero-order valence-electron chi connectivity index (χ0n) is 12.5. The fourth-order valence-corrected chi connectivity index (χ4v) is 3.50. The number of benzene rings is 1. The normalized spacial score (nSPS) is 11.9. The molecule has 1 aromatic carbocycles. The maximum atomic E-state index is 13.3. The van der Waals surface area contributed by atoms with Gasteiger partial charge in [0, 0.05) is 11.3 Å². The standard InChI is InChI=1S/C15H11F3N2O3S/c1-7-10(8-3-5-9(23-2)6-4-8)19-14-20(7)12(15(16,17)18)11(24-14)13(21)22/h3-6H,1-2H3,(H,21,22). The number of methoxy groups -OCH3 is 1. The van der Waals surface area contributed by atoms with Gasteiger partial charge in [-0.15, -0.1) is 0 Å². The van der Waals surface area contributed by atoms with Gasteiger partial charge in [0.05, 0.1) is 12.8 Å². The van der Waals surface area contributed by atoms with Crippen LogP contribution in [-0.2, 0) is 6.18 Å². The number of aromatic carboxylic acids is 1. The van der Waals surface area contributed by atoms with Gasteiger partial charge in [-0.3, -0.25) is 4.40 Å². The number of carbonyl (C=O) groups is 1. The van der Waals surface area contributed by atoms with Crippen molar-refractivity contribution < 1.29 is 27.8 Å². The summed E-state index contributed by atoms with van der Waals surface area (Å²) in [4.78, 5) is 14.5. The number of carboxylic acid groups (broad SMARTS) is 1. The Morgan fingerprint density at radius 1 is 1.29 bits per heavy atom. The summed E-state index contributed by atoms with van der Waals surface area (Å²) in [7, 11) is 1.51. The molecule has 2 aromatic heterocycles. The van der Waals surface area contributed by atoms with E-state index >= 15 is 0 Å². The quantitative estimate of drug-likeness (QED) is 0.767. The number of carboxylic acids is 1. The molecule has 0 spiro atoms. The summed E-state index contributed by atoms with van der Waals surface area (Å²) in [6.07, 6.45) is -4.80. The van der Waals surface area contributed by atoms with Gasteiger partial charge in [0.25, 0.3) is 0 Å². The van der Waals surface area contributed by atoms with Gasteiger partial charge in [-0.05, 0) is 31.2 Å². The highest BCUT2D eigenvalue weighted by Crippen LogP contribution is 2.39. The largest absolute Gasteiger partial charge is 0.497 e. The van der Waals surface area contributed by atoms with Gasteiger partial charge in [-0.25, -0.2) is 9.78 Å². The first-order valence-corrected chi connectivity index (χ1v) is 7.52. The highest BCUT2D eigenvalue weighted by atomic mass is 32.1. The molecule has 0 atom stereocenters. The first kappa shape index (κ1) is 16.3. The summed E-state index contributed by atoms with van der Waals surface area (Å²) < 4.78 is 45.9. The lowest BCUT2D eigenvalue weighted by Crippen LogP contribution is -2.14. The molecule has 2 heterocycles. The summed E-state index contributed by atoms with van der Waals surface area (Å²) in [5.41, 5.74) is 0.00606. The smallest absolute Gasteiger partial charge is 0.433 e. The lowest BCUT2D eigenvalue weighted by atomic mass is 10.1. The Kier molecular flexibility index (Phi) is 3.75. The molecule has 0 aliphatic rings. The molecule has 0 radical (unpaired) electrons. The molecule has 0 unspecified atom stereocenters. The second kappa shape index (κ2) is 5.52. The van der Waals surface area contributed by atoms with Crippen molar-refractivity contribution in [1.82, 2.24) is 9.38 Å². The third kappa shape index (κ3) is 2.50. The Morgan fingerprint density at radius 3 is 2.42 bits per heavy atom. The van der Waals surface area contributed by atoms with Crippen LogP contribution in [-0.4, -0.2) is 27.6 Å². The zero-order chi connectivity index (χ0) is 17.6. The van der Waals surface area contributed by atoms with E-state index in [0.29, 0.717) is 28.3 Å². The molecule has 1 N–H and O–H groups in total. The average molecular weight is 356 g/mol. The lowest BCUT2D eigenvalue weighted by molar-refractivity contribution is -0.142. The number of imidazole rings is 1. The predicted molar refractivity (Wildman–Crippen MR) is 81.8 cm³/mol. The number of alkyl halides is 3. The average Bonchev–Trinajstić information content (AvgIpc) is 3.04. The van der Waals surface area contributed by atoms with Crippen molar-refractivity contribution in [3.63, 3.8) is 0 Å². The maximum absolute atomic E-state index is 13.3. The highest BCUT2D eigenvalue weighted by Gasteiger charge is 2.41. The first-order valence-electron chi connectivity index (χ1n) is 6.70. The van der Waals surface area contributed by atoms with E-state index in [1.165, 1.54) is 14.0 Å². The van der Waals surface area contributed by atoms with Gasteiger partial charge in [0.15, 0.2) is 10.7 Å². The lowest BCUT2D eigenvalue weighted by Gasteiger charge is -2.08. The maximum Gasteiger partial charge on any atom is 0.433 e. The second-order valence-electron chi connectivity index (χ2n) is 4.98. The van der Waals surface area contributed by atoms with Gasteiger partial charge in [-0.1, -0.05) is 11.3 Å². The van der Waals surface area contributed by atoms with E-state index in [1.807, 2.05) is 0 Å². The molecule has 0 bridgehead atoms. The Morgan fingerprint density at radius 2 is 1.92 bits per heavy atom. The van der Waals surface area contributed by atoms with Crippen LogP contribution in [0.4, 0.5) is 13.2 Å². The number of aryl methyl sites for hydroxylation is 1. The van der Waals surface area contributed by atoms with Gasteiger partial charge >= 0.3 is 12.1 Å². The molecule has 0 aliphatic carbocycles. The number of hydrogen-bond acceptors (Lipinski definition) is 4. The number of aromatic nitrogens is 2. The monoisotopic (exact) mass is 356 g/mol. The van der Waals surface area contributed by atoms with Crippen LogP contribution >= 0.6 is 11.3 Å². The van der Waals surface area contributed by atoms with Gasteiger partial charge in [0.2, 0.25) is 0 Å². The molecule has 24 heavy (non-hydrogen) atoms. The number of hydrogen-bond donors (Lipinski definition) is 1. The third-order valence-electron chi connectivity index (χ3n) is 3.54. The Hall–Kier alpha value is -2.55. The van der Waals surface area contributed by atoms with Crippen LogP contribution in [0.5, 0.6) is 5.75 Å². The van der Waals surface area contributed by atoms with Crippen molar-refractivity contribution in [2.75, 3.05) is 7.11 Å². The van der Waals surface area contributed by atoms with E-state index in [1.54, 1.807) is 24.3 Å². The number of nitrogens with zero attached hydrogens (tertiary/aromatic N) is 2. The fraction of sp³-hybridized carbons (Fsp3) is 0.200. The molecule has 3 rings (SSSR count). The molecule has 0 saturated heterocycles. The molecule has 0 aliphatic heterocycles. The minimum atomic E-state index is -4.80. The number of rotatable bonds is 3. The van der Waals surface area contributed by atoms with E-state index in [4.69, 9.17) is 9.84 Å². The van der Waals surface area contributed by atoms with Crippen LogP contribution in [0.25, 0.3) is 16.2 Å². The molecular weight excluding hydrogens is 345 g/mol. The Balaban J connectivity index is 2.25. The minimum Gasteiger partial charge on any atom is -0.497 e. The summed E-state index contributed by atoms with van der Waals surface area (Å²) in [5, 5.41) is 9.04. The van der Waals surface area contributed by atoms with Crippen LogP contribution in [0.2, 0.25) is 0 Å². The summed E-state index contributed by atoms with van der Waals surface area (Å²) in [6, 6.07) is 6.72. The van der Waals surface area contributed by atoms with Crippen molar-refractivity contribution in [1.29, 1.82) is 0 Å². The van der Waals surface area contributed by atoms with Crippen molar-refractivity contribution in [3.8, 4) is 17.0 Å². The zero-order valence-corrected chi connectivity index (χ0v) is 13.3. The third-order valence-corrected chi connectivity index (χ3v) is 4.56. The van der Waals surface area contributed by atoms with E-state index in [9.17, 15) is 18.0 Å². The van der Waals surface area contributed by atoms with E-state index in [0.717, 1.165) is 4.40 Å². The minimum absolute atomic E-state index is 0.0111. The summed E-state index contributed by atoms with van der Waals surface area (Å²) in [6.45, 7) is 1.48. The molecule has 5 nitrogen and oxygen atoms in total. The Labute approximate surface area is 137 Å². The first-order chi connectivity index (χ1) is 11.2. The van der Waals surface area contributed by atoms with Crippen molar-refractivity contribution in [2.45, 2.75) is 13.1 Å². The molecule has 0 amide bonds. The van der Waals surface area contributed by atoms with Crippen LogP contribution in [0.15, 0.2) is 24.3 Å². The summed E-state index contributed by atoms with van der Waals surface area (Å²) in [5.74, 6) is -1.01. The summed E-state index contributed by atoms with van der Waals surface area (Å²) >= 11 is 0.504. The highest BCUT2D eigenvalue weighted by molar-refractivity contribution is 7.19. The van der Waals surface area contributed by atoms with Gasteiger partial charge in [0.1, 0.15) is 10.6 Å². The molecular formula is C15H11F3N2O3S. The Bertz CT molecular complexity index is 926.